The largest absolute Gasteiger partial charge is 0.350 e. The summed E-state index contributed by atoms with van der Waals surface area (Å²) in [5.41, 5.74) is -0.435. The lowest BCUT2D eigenvalue weighted by molar-refractivity contribution is -0.210. The van der Waals surface area contributed by atoms with Crippen LogP contribution in [0.2, 0.25) is 0 Å². The van der Waals surface area contributed by atoms with Crippen molar-refractivity contribution in [3.8, 4) is 0 Å². The molecule has 4 rings (SSSR count). The SMILES string of the molecule is CCCn1nnc2c(=S)[nH]c(=O)n(C3(C)OCC4OC(C)(C)OC43)c21. The summed E-state index contributed by atoms with van der Waals surface area (Å²) in [6, 6.07) is 0. The molecule has 2 aromatic heterocycles. The highest BCUT2D eigenvalue weighted by atomic mass is 32.1. The minimum atomic E-state index is -1.06. The summed E-state index contributed by atoms with van der Waals surface area (Å²) < 4.78 is 21.4. The van der Waals surface area contributed by atoms with Gasteiger partial charge in [0.05, 0.1) is 6.61 Å². The van der Waals surface area contributed by atoms with Gasteiger partial charge in [-0.25, -0.2) is 14.0 Å². The second kappa shape index (κ2) is 5.44. The summed E-state index contributed by atoms with van der Waals surface area (Å²) in [5, 5.41) is 8.30. The molecule has 25 heavy (non-hydrogen) atoms. The van der Waals surface area contributed by atoms with E-state index in [1.54, 1.807) is 4.68 Å². The van der Waals surface area contributed by atoms with Crippen LogP contribution in [0.25, 0.3) is 11.2 Å². The van der Waals surface area contributed by atoms with Gasteiger partial charge in [-0.15, -0.1) is 5.10 Å². The molecule has 2 fully saturated rings. The molecule has 0 radical (unpaired) electrons. The first kappa shape index (κ1) is 16.8. The van der Waals surface area contributed by atoms with Gasteiger partial charge < -0.3 is 14.2 Å². The molecule has 2 aliphatic rings. The molecular weight excluding hydrogens is 346 g/mol. The number of nitrogens with zero attached hydrogens (tertiary/aromatic N) is 4. The fourth-order valence-corrected chi connectivity index (χ4v) is 3.91. The summed E-state index contributed by atoms with van der Waals surface area (Å²) in [7, 11) is 0. The van der Waals surface area contributed by atoms with Gasteiger partial charge in [-0.3, -0.25) is 4.98 Å². The molecule has 0 aliphatic carbocycles. The number of nitrogens with one attached hydrogen (secondary N) is 1. The van der Waals surface area contributed by atoms with Crippen LogP contribution in [0.4, 0.5) is 0 Å². The van der Waals surface area contributed by atoms with E-state index in [0.717, 1.165) is 6.42 Å². The number of rotatable bonds is 3. The van der Waals surface area contributed by atoms with E-state index in [9.17, 15) is 4.79 Å². The Kier molecular flexibility index (Phi) is 3.66. The van der Waals surface area contributed by atoms with Gasteiger partial charge in [-0.05, 0) is 27.2 Å². The fraction of sp³-hybridized carbons (Fsp3) is 0.733. The van der Waals surface area contributed by atoms with E-state index in [-0.39, 0.29) is 16.4 Å². The van der Waals surface area contributed by atoms with E-state index in [4.69, 9.17) is 26.4 Å². The molecule has 9 nitrogen and oxygen atoms in total. The lowest BCUT2D eigenvalue weighted by atomic mass is 10.1. The van der Waals surface area contributed by atoms with Crippen molar-refractivity contribution < 1.29 is 14.2 Å². The monoisotopic (exact) mass is 367 g/mol. The van der Waals surface area contributed by atoms with Gasteiger partial charge in [0.2, 0.25) is 0 Å². The van der Waals surface area contributed by atoms with E-state index >= 15 is 0 Å². The van der Waals surface area contributed by atoms with Gasteiger partial charge in [0, 0.05) is 6.54 Å². The number of aromatic amines is 1. The standard InChI is InChI=1S/C15H21N5O4S/c1-5-6-19-12-9(17-18-19)11(25)16-13(21)20(12)15(4)10-8(7-22-15)23-14(2,3)24-10/h8,10H,5-7H2,1-4H3,(H,16,21,25). The van der Waals surface area contributed by atoms with Crippen molar-refractivity contribution in [1.29, 1.82) is 0 Å². The number of hydrogen-bond acceptors (Lipinski definition) is 7. The van der Waals surface area contributed by atoms with Gasteiger partial charge >= 0.3 is 5.69 Å². The molecule has 136 valence electrons. The molecule has 2 saturated heterocycles. The number of hydrogen-bond donors (Lipinski definition) is 1. The Bertz CT molecular complexity index is 948. The average molecular weight is 367 g/mol. The van der Waals surface area contributed by atoms with Crippen molar-refractivity contribution in [2.24, 2.45) is 0 Å². The first-order valence-corrected chi connectivity index (χ1v) is 8.76. The van der Waals surface area contributed by atoms with Crippen LogP contribution < -0.4 is 5.69 Å². The van der Waals surface area contributed by atoms with Crippen LogP contribution in [0.1, 0.15) is 34.1 Å². The third-order valence-electron chi connectivity index (χ3n) is 4.69. The first-order chi connectivity index (χ1) is 11.8. The predicted octanol–water partition coefficient (Wildman–Crippen LogP) is 1.28. The molecule has 10 heteroatoms. The molecule has 0 amide bonds. The molecule has 0 spiro atoms. The second-order valence-electron chi connectivity index (χ2n) is 7.04. The highest BCUT2D eigenvalue weighted by Crippen LogP contribution is 2.43. The Hall–Kier alpha value is -1.62. The van der Waals surface area contributed by atoms with Crippen LogP contribution >= 0.6 is 12.2 Å². The molecule has 0 bridgehead atoms. The summed E-state index contributed by atoms with van der Waals surface area (Å²) >= 11 is 5.26. The zero-order chi connectivity index (χ0) is 18.0. The van der Waals surface area contributed by atoms with Crippen LogP contribution in [-0.4, -0.2) is 49.1 Å². The van der Waals surface area contributed by atoms with Crippen molar-refractivity contribution in [3.63, 3.8) is 0 Å². The predicted molar refractivity (Wildman–Crippen MR) is 90.7 cm³/mol. The lowest BCUT2D eigenvalue weighted by Gasteiger charge is -2.32. The zero-order valence-electron chi connectivity index (χ0n) is 14.6. The highest BCUT2D eigenvalue weighted by molar-refractivity contribution is 7.71. The Morgan fingerprint density at radius 1 is 1.36 bits per heavy atom. The van der Waals surface area contributed by atoms with Crippen LogP contribution in [0.5, 0.6) is 0 Å². The maximum atomic E-state index is 12.8. The van der Waals surface area contributed by atoms with E-state index in [2.05, 4.69) is 15.3 Å². The molecule has 2 aliphatic heterocycles. The third kappa shape index (κ3) is 2.39. The molecule has 4 heterocycles. The van der Waals surface area contributed by atoms with Gasteiger partial charge in [0.1, 0.15) is 16.8 Å². The molecule has 2 aromatic rings. The second-order valence-corrected chi connectivity index (χ2v) is 7.45. The normalized spacial score (nSPS) is 30.9. The zero-order valence-corrected chi connectivity index (χ0v) is 15.4. The topological polar surface area (TPSA) is 96.2 Å². The molecule has 0 aromatic carbocycles. The number of H-pyrrole nitrogens is 1. The van der Waals surface area contributed by atoms with Crippen LogP contribution in [0.15, 0.2) is 4.79 Å². The third-order valence-corrected chi connectivity index (χ3v) is 4.99. The first-order valence-electron chi connectivity index (χ1n) is 8.35. The Balaban J connectivity index is 1.96. The fourth-order valence-electron chi connectivity index (χ4n) is 3.70. The van der Waals surface area contributed by atoms with Gasteiger partial charge in [0.25, 0.3) is 0 Å². The van der Waals surface area contributed by atoms with Crippen molar-refractivity contribution in [2.45, 2.75) is 64.4 Å². The number of ether oxygens (including phenoxy) is 3. The van der Waals surface area contributed by atoms with Crippen LogP contribution in [0.3, 0.4) is 0 Å². The summed E-state index contributed by atoms with van der Waals surface area (Å²) in [4.78, 5) is 15.5. The maximum absolute atomic E-state index is 12.8. The lowest BCUT2D eigenvalue weighted by Crippen LogP contribution is -2.49. The summed E-state index contributed by atoms with van der Waals surface area (Å²) in [6.45, 7) is 8.51. The number of aromatic nitrogens is 5. The van der Waals surface area contributed by atoms with E-state index < -0.39 is 17.6 Å². The molecular formula is C15H21N5O4S. The highest BCUT2D eigenvalue weighted by Gasteiger charge is 2.58. The smallest absolute Gasteiger partial charge is 0.330 e. The number of aryl methyl sites for hydroxylation is 1. The number of fused-ring (bicyclic) bond motifs is 2. The Labute approximate surface area is 148 Å². The molecule has 3 atom stereocenters. The molecule has 3 unspecified atom stereocenters. The minimum Gasteiger partial charge on any atom is -0.350 e. The maximum Gasteiger partial charge on any atom is 0.330 e. The molecule has 0 saturated carbocycles. The van der Waals surface area contributed by atoms with Crippen molar-refractivity contribution in [2.75, 3.05) is 6.61 Å². The van der Waals surface area contributed by atoms with Crippen LogP contribution in [0, 0.1) is 4.64 Å². The molecule has 1 N–H and O–H groups in total. The van der Waals surface area contributed by atoms with Crippen molar-refractivity contribution in [3.05, 3.63) is 15.1 Å². The summed E-state index contributed by atoms with van der Waals surface area (Å²) in [5.74, 6) is -0.729. The van der Waals surface area contributed by atoms with Gasteiger partial charge in [0.15, 0.2) is 22.7 Å². The van der Waals surface area contributed by atoms with E-state index in [1.807, 2.05) is 27.7 Å². The van der Waals surface area contributed by atoms with Gasteiger partial charge in [-0.2, -0.15) is 0 Å². The van der Waals surface area contributed by atoms with Gasteiger partial charge in [-0.1, -0.05) is 24.4 Å². The van der Waals surface area contributed by atoms with Crippen molar-refractivity contribution >= 4 is 23.4 Å². The summed E-state index contributed by atoms with van der Waals surface area (Å²) in [6.07, 6.45) is 0.160. The van der Waals surface area contributed by atoms with E-state index in [1.165, 1.54) is 4.57 Å². The average Bonchev–Trinajstić information content (AvgIpc) is 3.15. The Morgan fingerprint density at radius 2 is 2.12 bits per heavy atom. The van der Waals surface area contributed by atoms with Crippen molar-refractivity contribution in [1.82, 2.24) is 24.5 Å². The van der Waals surface area contributed by atoms with Crippen LogP contribution in [-0.2, 0) is 26.5 Å². The van der Waals surface area contributed by atoms with E-state index in [0.29, 0.717) is 24.3 Å². The quantitative estimate of drug-likeness (QED) is 0.817. The minimum absolute atomic E-state index is 0.249. The Morgan fingerprint density at radius 3 is 2.84 bits per heavy atom.